The van der Waals surface area contributed by atoms with E-state index >= 15 is 0 Å². The standard InChI is InChI=1S/C29H42O10/c1-8-10-11-12-13-14-24(30)38-20(5)29(6,33)28(32)37-19(4)25(39-27(31)18(3)9-2)21-15-22(34-7)26-23(16-21)35-17-36-26/h9,15-16,19-20,25,33H,8,10-14,17H2,1-7H3/b18-9+/t19-,20-,25-,29+/m0/s1. The van der Waals surface area contributed by atoms with Gasteiger partial charge >= 0.3 is 17.9 Å². The van der Waals surface area contributed by atoms with Crippen molar-refractivity contribution < 1.29 is 47.9 Å². The molecule has 0 aromatic heterocycles. The molecule has 1 aliphatic rings. The van der Waals surface area contributed by atoms with E-state index in [4.69, 9.17) is 28.4 Å². The van der Waals surface area contributed by atoms with Crippen LogP contribution in [-0.2, 0) is 28.6 Å². The average molecular weight is 551 g/mol. The number of aliphatic hydroxyl groups is 1. The third kappa shape index (κ3) is 8.61. The molecule has 10 heteroatoms. The van der Waals surface area contributed by atoms with E-state index < -0.39 is 41.8 Å². The van der Waals surface area contributed by atoms with E-state index in [0.717, 1.165) is 25.7 Å². The number of ether oxygens (including phenoxy) is 6. The van der Waals surface area contributed by atoms with Gasteiger partial charge in [-0.25, -0.2) is 9.59 Å². The molecule has 0 aliphatic carbocycles. The Bertz CT molecular complexity index is 1030. The van der Waals surface area contributed by atoms with E-state index in [9.17, 15) is 19.5 Å². The SMILES string of the molecule is C/C=C(\C)C(=O)O[C@H](c1cc(OC)c2c(c1)OCO2)[C@H](C)OC(=O)[C@](C)(O)[C@H](C)OC(=O)CCCCCCC. The zero-order chi connectivity index (χ0) is 29.2. The van der Waals surface area contributed by atoms with E-state index in [1.165, 1.54) is 27.9 Å². The second kappa shape index (κ2) is 14.8. The third-order valence-electron chi connectivity index (χ3n) is 6.72. The molecule has 0 saturated carbocycles. The molecular weight excluding hydrogens is 508 g/mol. The minimum absolute atomic E-state index is 0.0000366. The molecule has 1 aromatic carbocycles. The fraction of sp³-hybridized carbons (Fsp3) is 0.621. The van der Waals surface area contributed by atoms with Gasteiger partial charge in [-0.05, 0) is 53.2 Å². The van der Waals surface area contributed by atoms with Crippen molar-refractivity contribution in [1.82, 2.24) is 0 Å². The van der Waals surface area contributed by atoms with E-state index in [-0.39, 0.29) is 13.2 Å². The molecule has 0 amide bonds. The smallest absolute Gasteiger partial charge is 0.342 e. The van der Waals surface area contributed by atoms with Gasteiger partial charge in [0.25, 0.3) is 0 Å². The van der Waals surface area contributed by atoms with Crippen LogP contribution in [0.15, 0.2) is 23.8 Å². The summed E-state index contributed by atoms with van der Waals surface area (Å²) in [6.07, 6.45) is 3.31. The molecule has 0 unspecified atom stereocenters. The molecule has 1 aliphatic heterocycles. The summed E-state index contributed by atoms with van der Waals surface area (Å²) in [6.45, 7) is 9.58. The first-order chi connectivity index (χ1) is 18.5. The van der Waals surface area contributed by atoms with Gasteiger partial charge in [-0.2, -0.15) is 0 Å². The zero-order valence-corrected chi connectivity index (χ0v) is 24.0. The molecule has 218 valence electrons. The van der Waals surface area contributed by atoms with Crippen molar-refractivity contribution in [3.05, 3.63) is 29.3 Å². The molecule has 0 fully saturated rings. The third-order valence-corrected chi connectivity index (χ3v) is 6.72. The zero-order valence-electron chi connectivity index (χ0n) is 24.0. The molecule has 1 N–H and O–H groups in total. The number of unbranched alkanes of at least 4 members (excludes halogenated alkanes) is 4. The fourth-order valence-electron chi connectivity index (χ4n) is 3.83. The number of esters is 3. The van der Waals surface area contributed by atoms with Crippen LogP contribution < -0.4 is 14.2 Å². The molecule has 2 rings (SSSR count). The first kappa shape index (κ1) is 31.9. The lowest BCUT2D eigenvalue weighted by Crippen LogP contribution is -2.49. The van der Waals surface area contributed by atoms with Crippen molar-refractivity contribution in [2.45, 2.75) is 104 Å². The van der Waals surface area contributed by atoms with Crippen LogP contribution in [0, 0.1) is 0 Å². The highest BCUT2D eigenvalue weighted by Gasteiger charge is 2.43. The normalized spacial score (nSPS) is 16.5. The van der Waals surface area contributed by atoms with Gasteiger partial charge in [0.05, 0.1) is 7.11 Å². The number of hydrogen-bond donors (Lipinski definition) is 1. The Morgan fingerprint density at radius 1 is 1.08 bits per heavy atom. The van der Waals surface area contributed by atoms with E-state index in [2.05, 4.69) is 6.92 Å². The van der Waals surface area contributed by atoms with Crippen molar-refractivity contribution in [2.75, 3.05) is 13.9 Å². The number of carbonyl (C=O) groups excluding carboxylic acids is 3. The van der Waals surface area contributed by atoms with Crippen LogP contribution in [0.5, 0.6) is 17.2 Å². The highest BCUT2D eigenvalue weighted by atomic mass is 16.7. The predicted molar refractivity (Wildman–Crippen MR) is 142 cm³/mol. The highest BCUT2D eigenvalue weighted by Crippen LogP contribution is 2.44. The van der Waals surface area contributed by atoms with Gasteiger partial charge in [-0.3, -0.25) is 4.79 Å². The molecule has 0 bridgehead atoms. The van der Waals surface area contributed by atoms with Gasteiger partial charge in [0.2, 0.25) is 12.5 Å². The fourth-order valence-corrected chi connectivity index (χ4v) is 3.83. The summed E-state index contributed by atoms with van der Waals surface area (Å²) in [5.74, 6) is -1.01. The lowest BCUT2D eigenvalue weighted by Gasteiger charge is -2.31. The number of rotatable bonds is 15. The minimum atomic E-state index is -2.15. The largest absolute Gasteiger partial charge is 0.493 e. The van der Waals surface area contributed by atoms with Crippen LogP contribution in [-0.4, -0.2) is 54.7 Å². The Kier molecular flexibility index (Phi) is 12.1. The van der Waals surface area contributed by atoms with Crippen LogP contribution in [0.4, 0.5) is 0 Å². The number of fused-ring (bicyclic) bond motifs is 1. The summed E-state index contributed by atoms with van der Waals surface area (Å²) in [5, 5.41) is 10.9. The first-order valence-corrected chi connectivity index (χ1v) is 13.4. The maximum absolute atomic E-state index is 13.1. The highest BCUT2D eigenvalue weighted by molar-refractivity contribution is 5.88. The van der Waals surface area contributed by atoms with Crippen LogP contribution >= 0.6 is 0 Å². The second-order valence-electron chi connectivity index (χ2n) is 9.81. The van der Waals surface area contributed by atoms with Gasteiger partial charge in [0.15, 0.2) is 23.2 Å². The molecule has 1 heterocycles. The molecule has 0 radical (unpaired) electrons. The number of benzene rings is 1. The summed E-state index contributed by atoms with van der Waals surface area (Å²) >= 11 is 0. The predicted octanol–water partition coefficient (Wildman–Crippen LogP) is 4.95. The molecule has 10 nitrogen and oxygen atoms in total. The van der Waals surface area contributed by atoms with Gasteiger partial charge in [0.1, 0.15) is 12.2 Å². The Morgan fingerprint density at radius 2 is 1.77 bits per heavy atom. The molecule has 0 spiro atoms. The second-order valence-corrected chi connectivity index (χ2v) is 9.81. The maximum Gasteiger partial charge on any atom is 0.342 e. The van der Waals surface area contributed by atoms with E-state index in [1.54, 1.807) is 32.1 Å². The van der Waals surface area contributed by atoms with Crippen molar-refractivity contribution >= 4 is 17.9 Å². The summed E-state index contributed by atoms with van der Waals surface area (Å²) in [5.41, 5.74) is -1.36. The molecule has 0 saturated heterocycles. The van der Waals surface area contributed by atoms with Gasteiger partial charge in [0, 0.05) is 17.6 Å². The lowest BCUT2D eigenvalue weighted by atomic mass is 9.99. The number of allylic oxidation sites excluding steroid dienone is 1. The Hall–Kier alpha value is -3.27. The monoisotopic (exact) mass is 550 g/mol. The van der Waals surface area contributed by atoms with Gasteiger partial charge in [-0.15, -0.1) is 0 Å². The summed E-state index contributed by atoms with van der Waals surface area (Å²) < 4.78 is 32.9. The molecule has 1 aromatic rings. The number of hydrogen-bond acceptors (Lipinski definition) is 10. The van der Waals surface area contributed by atoms with Crippen molar-refractivity contribution in [2.24, 2.45) is 0 Å². The minimum Gasteiger partial charge on any atom is -0.493 e. The number of carbonyl (C=O) groups is 3. The topological polar surface area (TPSA) is 127 Å². The summed E-state index contributed by atoms with van der Waals surface area (Å²) in [6, 6.07) is 3.21. The van der Waals surface area contributed by atoms with Crippen LogP contribution in [0.1, 0.15) is 91.7 Å². The number of methoxy groups -OCH3 is 1. The molecule has 39 heavy (non-hydrogen) atoms. The Labute approximate surface area is 230 Å². The van der Waals surface area contributed by atoms with Gasteiger partial charge in [-0.1, -0.05) is 38.7 Å². The van der Waals surface area contributed by atoms with Crippen molar-refractivity contribution in [3.8, 4) is 17.2 Å². The lowest BCUT2D eigenvalue weighted by molar-refractivity contribution is -0.193. The van der Waals surface area contributed by atoms with Crippen LogP contribution in [0.25, 0.3) is 0 Å². The van der Waals surface area contributed by atoms with Crippen molar-refractivity contribution in [1.29, 1.82) is 0 Å². The van der Waals surface area contributed by atoms with Crippen LogP contribution in [0.2, 0.25) is 0 Å². The van der Waals surface area contributed by atoms with Gasteiger partial charge < -0.3 is 33.5 Å². The Morgan fingerprint density at radius 3 is 2.41 bits per heavy atom. The molecule has 4 atom stereocenters. The quantitative estimate of drug-likeness (QED) is 0.139. The first-order valence-electron chi connectivity index (χ1n) is 13.4. The molecular formula is C29H42O10. The van der Waals surface area contributed by atoms with E-state index in [1.807, 2.05) is 0 Å². The average Bonchev–Trinajstić information content (AvgIpc) is 3.39. The summed E-state index contributed by atoms with van der Waals surface area (Å²) in [7, 11) is 1.46. The Balaban J connectivity index is 2.17. The van der Waals surface area contributed by atoms with Crippen LogP contribution in [0.3, 0.4) is 0 Å². The van der Waals surface area contributed by atoms with Crippen molar-refractivity contribution in [3.63, 3.8) is 0 Å². The summed E-state index contributed by atoms with van der Waals surface area (Å²) in [4.78, 5) is 38.0. The van der Waals surface area contributed by atoms with E-state index in [0.29, 0.717) is 34.8 Å². The maximum atomic E-state index is 13.1.